The summed E-state index contributed by atoms with van der Waals surface area (Å²) < 4.78 is 46.1. The smallest absolute Gasteiger partial charge is 0.390 e. The number of hydrogen-bond donors (Lipinski definition) is 2. The van der Waals surface area contributed by atoms with Crippen LogP contribution in [-0.4, -0.2) is 33.6 Å². The predicted molar refractivity (Wildman–Crippen MR) is 141 cm³/mol. The van der Waals surface area contributed by atoms with Gasteiger partial charge in [0.05, 0.1) is 36.3 Å². The Kier molecular flexibility index (Phi) is 6.87. The van der Waals surface area contributed by atoms with Gasteiger partial charge in [-0.25, -0.2) is 4.98 Å². The second-order valence-corrected chi connectivity index (χ2v) is 9.89. The number of amides is 1. The molecule has 2 N–H and O–H groups in total. The van der Waals surface area contributed by atoms with Crippen LogP contribution in [-0.2, 0) is 0 Å². The summed E-state index contributed by atoms with van der Waals surface area (Å²) in [6, 6.07) is 15.8. The number of rotatable bonds is 8. The maximum Gasteiger partial charge on any atom is 0.390 e. The van der Waals surface area contributed by atoms with E-state index in [4.69, 9.17) is 16.3 Å². The number of anilines is 1. The summed E-state index contributed by atoms with van der Waals surface area (Å²) in [7, 11) is 0. The van der Waals surface area contributed by atoms with Crippen LogP contribution in [0.3, 0.4) is 0 Å². The number of nitrogens with one attached hydrogen (secondary N) is 2. The van der Waals surface area contributed by atoms with Gasteiger partial charge in [-0.3, -0.25) is 9.20 Å². The van der Waals surface area contributed by atoms with Gasteiger partial charge in [-0.2, -0.15) is 18.4 Å². The number of nitrogens with zero attached hydrogens (tertiary/aromatic N) is 3. The van der Waals surface area contributed by atoms with Gasteiger partial charge in [0.2, 0.25) is 0 Å². The zero-order valence-electron chi connectivity index (χ0n) is 20.8. The van der Waals surface area contributed by atoms with Crippen molar-refractivity contribution in [2.24, 2.45) is 0 Å². The Bertz CT molecular complexity index is 1610. The van der Waals surface area contributed by atoms with E-state index in [2.05, 4.69) is 21.7 Å². The van der Waals surface area contributed by atoms with Crippen LogP contribution < -0.4 is 15.4 Å². The molecule has 0 unspecified atom stereocenters. The number of ether oxygens (including phenoxy) is 1. The van der Waals surface area contributed by atoms with E-state index in [1.807, 2.05) is 6.07 Å². The quantitative estimate of drug-likeness (QED) is 0.247. The van der Waals surface area contributed by atoms with Crippen LogP contribution in [0.1, 0.15) is 35.2 Å². The molecule has 2 aromatic heterocycles. The lowest BCUT2D eigenvalue weighted by atomic mass is 10.0. The molecule has 0 aliphatic heterocycles. The topological polar surface area (TPSA) is 91.4 Å². The molecule has 0 atom stereocenters. The molecule has 1 aliphatic carbocycles. The number of carbonyl (C=O) groups excluding carboxylic acids is 1. The van der Waals surface area contributed by atoms with E-state index < -0.39 is 18.1 Å². The summed E-state index contributed by atoms with van der Waals surface area (Å²) in [5.74, 6) is 0.504. The molecule has 1 saturated carbocycles. The van der Waals surface area contributed by atoms with Crippen molar-refractivity contribution in [3.63, 3.8) is 0 Å². The lowest BCUT2D eigenvalue weighted by Crippen LogP contribution is -2.35. The minimum Gasteiger partial charge on any atom is -0.456 e. The monoisotopic (exact) mass is 553 g/mol. The largest absolute Gasteiger partial charge is 0.456 e. The number of hydrogen-bond acceptors (Lipinski definition) is 5. The molecule has 11 heteroatoms. The summed E-state index contributed by atoms with van der Waals surface area (Å²) in [5, 5.41) is 15.4. The Morgan fingerprint density at radius 2 is 2.00 bits per heavy atom. The number of fused-ring (bicyclic) bond motifs is 1. The highest BCUT2D eigenvalue weighted by molar-refractivity contribution is 6.30. The number of aromatic nitrogens is 2. The summed E-state index contributed by atoms with van der Waals surface area (Å²) >= 11 is 6.07. The molecule has 7 nitrogen and oxygen atoms in total. The van der Waals surface area contributed by atoms with Gasteiger partial charge in [-0.15, -0.1) is 0 Å². The average molecular weight is 554 g/mol. The Labute approximate surface area is 227 Å². The van der Waals surface area contributed by atoms with Crippen LogP contribution in [0.15, 0.2) is 60.9 Å². The van der Waals surface area contributed by atoms with Gasteiger partial charge >= 0.3 is 6.18 Å². The third-order valence-electron chi connectivity index (χ3n) is 6.42. The van der Waals surface area contributed by atoms with Crippen molar-refractivity contribution in [3.8, 4) is 28.8 Å². The van der Waals surface area contributed by atoms with Crippen LogP contribution in [0, 0.1) is 18.3 Å². The van der Waals surface area contributed by atoms with Crippen molar-refractivity contribution in [2.45, 2.75) is 37.9 Å². The van der Waals surface area contributed by atoms with Crippen molar-refractivity contribution < 1.29 is 22.7 Å². The fourth-order valence-electron chi connectivity index (χ4n) is 4.22. The zero-order valence-corrected chi connectivity index (χ0v) is 21.5. The third-order valence-corrected chi connectivity index (χ3v) is 6.66. The Morgan fingerprint density at radius 1 is 1.21 bits per heavy atom. The summed E-state index contributed by atoms with van der Waals surface area (Å²) in [6.45, 7) is 1.46. The molecular formula is C28H23ClF3N5O2. The molecule has 2 aromatic carbocycles. The molecule has 0 spiro atoms. The Balaban J connectivity index is 1.50. The maximum absolute atomic E-state index is 12.8. The average Bonchev–Trinajstić information content (AvgIpc) is 3.51. The first-order valence-corrected chi connectivity index (χ1v) is 12.5. The van der Waals surface area contributed by atoms with E-state index in [1.165, 1.54) is 0 Å². The first-order valence-electron chi connectivity index (χ1n) is 12.2. The molecule has 5 rings (SSSR count). The number of benzene rings is 2. The fraction of sp³-hybridized carbons (Fsp3) is 0.250. The second-order valence-electron chi connectivity index (χ2n) is 9.46. The van der Waals surface area contributed by atoms with Crippen LogP contribution in [0.2, 0.25) is 5.02 Å². The van der Waals surface area contributed by atoms with Gasteiger partial charge in [0.15, 0.2) is 5.65 Å². The minimum absolute atomic E-state index is 0.315. The van der Waals surface area contributed by atoms with Gasteiger partial charge < -0.3 is 15.4 Å². The molecule has 39 heavy (non-hydrogen) atoms. The van der Waals surface area contributed by atoms with E-state index in [1.54, 1.807) is 66.2 Å². The molecule has 200 valence electrons. The second kappa shape index (κ2) is 10.2. The molecule has 1 aliphatic rings. The number of pyridine rings is 1. The van der Waals surface area contributed by atoms with E-state index in [-0.39, 0.29) is 12.5 Å². The van der Waals surface area contributed by atoms with E-state index in [0.717, 1.165) is 5.56 Å². The molecule has 0 radical (unpaired) electrons. The van der Waals surface area contributed by atoms with Crippen molar-refractivity contribution in [1.82, 2.24) is 14.7 Å². The van der Waals surface area contributed by atoms with Crippen molar-refractivity contribution in [3.05, 3.63) is 77.1 Å². The highest BCUT2D eigenvalue weighted by atomic mass is 35.5. The third kappa shape index (κ3) is 5.94. The molecule has 0 saturated heterocycles. The summed E-state index contributed by atoms with van der Waals surface area (Å²) in [4.78, 5) is 17.2. The van der Waals surface area contributed by atoms with E-state index >= 15 is 0 Å². The van der Waals surface area contributed by atoms with Crippen molar-refractivity contribution in [2.75, 3.05) is 11.9 Å². The molecule has 1 fully saturated rings. The first kappa shape index (κ1) is 26.4. The summed E-state index contributed by atoms with van der Waals surface area (Å²) in [6.07, 6.45) is -0.761. The van der Waals surface area contributed by atoms with Gasteiger partial charge in [0.1, 0.15) is 17.0 Å². The number of alkyl halides is 3. The normalized spacial score (nSPS) is 14.1. The lowest BCUT2D eigenvalue weighted by molar-refractivity contribution is -0.131. The predicted octanol–water partition coefficient (Wildman–Crippen LogP) is 6.91. The van der Waals surface area contributed by atoms with Crippen LogP contribution >= 0.6 is 11.6 Å². The van der Waals surface area contributed by atoms with E-state index in [9.17, 15) is 23.2 Å². The van der Waals surface area contributed by atoms with Gasteiger partial charge in [0, 0.05) is 28.8 Å². The standard InChI is InChI=1S/C28H23ClF3N5O2/c1-17-11-18(5-6-22(17)26(38)36-27(16-33)7-8-27)24-14-35-25-23(34-10-9-28(30,31)32)13-21(15-37(24)25)39-20-4-2-3-19(29)12-20/h2-6,11-15,34H,7-10H2,1H3,(H,36,38). The zero-order chi connectivity index (χ0) is 27.8. The highest BCUT2D eigenvalue weighted by Gasteiger charge is 2.44. The number of imidazole rings is 1. The van der Waals surface area contributed by atoms with Crippen molar-refractivity contribution >= 4 is 28.8 Å². The molecule has 4 aromatic rings. The maximum atomic E-state index is 12.8. The van der Waals surface area contributed by atoms with Gasteiger partial charge in [0.25, 0.3) is 5.91 Å². The SMILES string of the molecule is Cc1cc(-c2cnc3c(NCCC(F)(F)F)cc(Oc4cccc(Cl)c4)cn23)ccc1C(=O)NC1(C#N)CC1. The van der Waals surface area contributed by atoms with Crippen LogP contribution in [0.25, 0.3) is 16.9 Å². The van der Waals surface area contributed by atoms with Crippen LogP contribution in [0.4, 0.5) is 18.9 Å². The number of carbonyl (C=O) groups is 1. The molecular weight excluding hydrogens is 531 g/mol. The fourth-order valence-corrected chi connectivity index (χ4v) is 4.40. The van der Waals surface area contributed by atoms with E-state index in [0.29, 0.717) is 57.5 Å². The first-order chi connectivity index (χ1) is 18.6. The minimum atomic E-state index is -4.31. The van der Waals surface area contributed by atoms with Crippen LogP contribution in [0.5, 0.6) is 11.5 Å². The Hall–Kier alpha value is -4.23. The lowest BCUT2D eigenvalue weighted by Gasteiger charge is -2.14. The Morgan fingerprint density at radius 3 is 2.67 bits per heavy atom. The van der Waals surface area contributed by atoms with Gasteiger partial charge in [-0.1, -0.05) is 23.7 Å². The molecule has 0 bridgehead atoms. The highest BCUT2D eigenvalue weighted by Crippen LogP contribution is 2.35. The number of nitriles is 1. The van der Waals surface area contributed by atoms with Crippen molar-refractivity contribution in [1.29, 1.82) is 5.26 Å². The van der Waals surface area contributed by atoms with Gasteiger partial charge in [-0.05, 0) is 55.7 Å². The summed E-state index contributed by atoms with van der Waals surface area (Å²) in [5.41, 5.74) is 2.53. The number of aryl methyl sites for hydroxylation is 1. The molecule has 2 heterocycles. The molecule has 1 amide bonds. The number of halogens is 4.